The van der Waals surface area contributed by atoms with Crippen LogP contribution >= 0.6 is 23.4 Å². The van der Waals surface area contributed by atoms with Crippen molar-refractivity contribution in [3.05, 3.63) is 70.3 Å². The number of ether oxygens (including phenoxy) is 1. The Morgan fingerprint density at radius 3 is 2.50 bits per heavy atom. The third-order valence-corrected chi connectivity index (χ3v) is 7.93. The molecule has 8 nitrogen and oxygen atoms in total. The molecule has 164 valence electrons. The lowest BCUT2D eigenvalue weighted by Gasteiger charge is -2.20. The van der Waals surface area contributed by atoms with E-state index in [4.69, 9.17) is 21.7 Å². The molecule has 1 amide bonds. The highest BCUT2D eigenvalue weighted by Gasteiger charge is 2.39. The average Bonchev–Trinajstić information content (AvgIpc) is 3.22. The Hall–Kier alpha value is -2.95. The zero-order chi connectivity index (χ0) is 22.9. The molecule has 0 radical (unpaired) electrons. The molecular weight excluding hydrogens is 472 g/mol. The van der Waals surface area contributed by atoms with E-state index in [1.54, 1.807) is 36.4 Å². The summed E-state index contributed by atoms with van der Waals surface area (Å²) in [6, 6.07) is 14.4. The fourth-order valence-electron chi connectivity index (χ4n) is 2.80. The summed E-state index contributed by atoms with van der Waals surface area (Å²) in [7, 11) is -3.56. The number of hydrogen-bond donors (Lipinski definition) is 1. The lowest BCUT2D eigenvalue weighted by Crippen LogP contribution is -2.35. The predicted octanol–water partition coefficient (Wildman–Crippen LogP) is 3.93. The summed E-state index contributed by atoms with van der Waals surface area (Å²) in [4.78, 5) is 16.4. The van der Waals surface area contributed by atoms with Gasteiger partial charge < -0.3 is 4.74 Å². The lowest BCUT2D eigenvalue weighted by atomic mass is 10.1. The summed E-state index contributed by atoms with van der Waals surface area (Å²) in [6.07, 6.45) is 1.51. The van der Waals surface area contributed by atoms with Crippen molar-refractivity contribution >= 4 is 60.6 Å². The van der Waals surface area contributed by atoms with Crippen LogP contribution in [0.5, 0.6) is 5.75 Å². The topological polar surface area (TPSA) is 112 Å². The van der Waals surface area contributed by atoms with Gasteiger partial charge in [-0.1, -0.05) is 42.8 Å². The van der Waals surface area contributed by atoms with Gasteiger partial charge in [-0.2, -0.15) is 10.0 Å². The molecule has 2 aliphatic rings. The summed E-state index contributed by atoms with van der Waals surface area (Å²) in [6.45, 7) is 1.88. The van der Waals surface area contributed by atoms with Crippen molar-refractivity contribution in [3.8, 4) is 5.75 Å². The first-order chi connectivity index (χ1) is 15.3. The van der Waals surface area contributed by atoms with Crippen molar-refractivity contribution in [1.82, 2.24) is 5.01 Å². The molecule has 4 rings (SSSR count). The van der Waals surface area contributed by atoms with E-state index in [2.05, 4.69) is 10.1 Å². The SMILES string of the molecule is CCS(=O)(=O)C1=NN2C(=N)/C(=C\c3ccc(OCc4ccc(Cl)cc4)cc3)C(=O)N=C2S1. The highest BCUT2D eigenvalue weighted by Crippen LogP contribution is 2.30. The van der Waals surface area contributed by atoms with E-state index in [9.17, 15) is 13.2 Å². The highest BCUT2D eigenvalue weighted by atomic mass is 35.5. The van der Waals surface area contributed by atoms with Crippen molar-refractivity contribution in [2.24, 2.45) is 10.1 Å². The number of amides is 1. The van der Waals surface area contributed by atoms with E-state index in [0.29, 0.717) is 22.9 Å². The average molecular weight is 489 g/mol. The maximum Gasteiger partial charge on any atom is 0.283 e. The van der Waals surface area contributed by atoms with Crippen molar-refractivity contribution < 1.29 is 17.9 Å². The minimum Gasteiger partial charge on any atom is -0.489 e. The summed E-state index contributed by atoms with van der Waals surface area (Å²) in [5, 5.41) is 14.1. The van der Waals surface area contributed by atoms with E-state index in [0.717, 1.165) is 22.3 Å². The number of hydrazone groups is 1. The number of carbonyl (C=O) groups is 1. The molecule has 2 heterocycles. The second kappa shape index (κ2) is 8.89. The van der Waals surface area contributed by atoms with Crippen molar-refractivity contribution in [3.63, 3.8) is 0 Å². The quantitative estimate of drug-likeness (QED) is 0.638. The van der Waals surface area contributed by atoms with Gasteiger partial charge in [0.25, 0.3) is 5.91 Å². The number of aliphatic imine (C=N–C) groups is 1. The Bertz CT molecular complexity index is 1280. The van der Waals surface area contributed by atoms with Crippen molar-refractivity contribution in [2.75, 3.05) is 5.75 Å². The molecule has 0 unspecified atom stereocenters. The number of carbonyl (C=O) groups excluding carboxylic acids is 1. The standard InChI is InChI=1S/C21H17ClN4O4S2/c1-2-32(28,29)21-25-26-18(23)17(19(27)24-20(26)31-21)11-13-5-9-16(10-6-13)30-12-14-3-7-15(22)8-4-14/h3-11,23H,2,12H2,1H3/b17-11+,23-18?. The van der Waals surface area contributed by atoms with Gasteiger partial charge in [-0.3, -0.25) is 10.2 Å². The van der Waals surface area contributed by atoms with Crippen LogP contribution < -0.4 is 4.74 Å². The third kappa shape index (κ3) is 4.62. The van der Waals surface area contributed by atoms with Gasteiger partial charge in [0.05, 0.1) is 11.3 Å². The normalized spacial score (nSPS) is 17.3. The maximum absolute atomic E-state index is 12.5. The van der Waals surface area contributed by atoms with Crippen LogP contribution in [0.15, 0.2) is 64.2 Å². The summed E-state index contributed by atoms with van der Waals surface area (Å²) < 4.78 is 29.7. The number of thioether (sulfide) groups is 1. The number of fused-ring (bicyclic) bond motifs is 1. The Labute approximate surface area is 194 Å². The van der Waals surface area contributed by atoms with E-state index in [1.165, 1.54) is 13.0 Å². The van der Waals surface area contributed by atoms with Crippen molar-refractivity contribution in [2.45, 2.75) is 13.5 Å². The van der Waals surface area contributed by atoms with Crippen LogP contribution in [0.2, 0.25) is 5.02 Å². The van der Waals surface area contributed by atoms with Crippen LogP contribution in [-0.4, -0.2) is 40.5 Å². The van der Waals surface area contributed by atoms with Gasteiger partial charge in [0.1, 0.15) is 12.4 Å². The molecule has 0 bridgehead atoms. The molecule has 0 fully saturated rings. The molecule has 2 aromatic rings. The molecule has 32 heavy (non-hydrogen) atoms. The first kappa shape index (κ1) is 22.3. The fourth-order valence-corrected chi connectivity index (χ4v) is 5.09. The van der Waals surface area contributed by atoms with Gasteiger partial charge in [0.15, 0.2) is 5.84 Å². The molecular formula is C21H17ClN4O4S2. The van der Waals surface area contributed by atoms with Crippen LogP contribution in [0, 0.1) is 5.41 Å². The molecule has 0 saturated heterocycles. The molecule has 0 atom stereocenters. The van der Waals surface area contributed by atoms with Gasteiger partial charge in [0, 0.05) is 5.02 Å². The Morgan fingerprint density at radius 1 is 1.16 bits per heavy atom. The number of hydrogen-bond acceptors (Lipinski definition) is 7. The Kier molecular flexibility index (Phi) is 6.18. The van der Waals surface area contributed by atoms with Gasteiger partial charge >= 0.3 is 0 Å². The van der Waals surface area contributed by atoms with Crippen molar-refractivity contribution in [1.29, 1.82) is 5.41 Å². The number of halogens is 1. The predicted molar refractivity (Wildman–Crippen MR) is 127 cm³/mol. The minimum atomic E-state index is -3.56. The summed E-state index contributed by atoms with van der Waals surface area (Å²) in [5.74, 6) is -0.336. The number of rotatable bonds is 5. The summed E-state index contributed by atoms with van der Waals surface area (Å²) >= 11 is 6.65. The van der Waals surface area contributed by atoms with E-state index >= 15 is 0 Å². The fraction of sp³-hybridized carbons (Fsp3) is 0.143. The van der Waals surface area contributed by atoms with Crippen LogP contribution in [-0.2, 0) is 21.2 Å². The maximum atomic E-state index is 12.5. The molecule has 0 saturated carbocycles. The number of amidine groups is 2. The second-order valence-electron chi connectivity index (χ2n) is 6.77. The van der Waals surface area contributed by atoms with Gasteiger partial charge in [0.2, 0.25) is 19.4 Å². The van der Waals surface area contributed by atoms with E-state index in [-0.39, 0.29) is 26.7 Å². The molecule has 0 aromatic heterocycles. The molecule has 0 spiro atoms. The zero-order valence-electron chi connectivity index (χ0n) is 16.8. The van der Waals surface area contributed by atoms with Gasteiger partial charge in [-0.15, -0.1) is 5.10 Å². The first-order valence-corrected chi connectivity index (χ1v) is 12.3. The first-order valence-electron chi connectivity index (χ1n) is 9.47. The number of nitrogens with zero attached hydrogens (tertiary/aromatic N) is 3. The second-order valence-corrected chi connectivity index (χ2v) is 10.6. The molecule has 0 aliphatic carbocycles. The molecule has 2 aromatic carbocycles. The molecule has 1 N–H and O–H groups in total. The largest absolute Gasteiger partial charge is 0.489 e. The third-order valence-electron chi connectivity index (χ3n) is 4.59. The van der Waals surface area contributed by atoms with Gasteiger partial charge in [-0.05, 0) is 53.2 Å². The van der Waals surface area contributed by atoms with Gasteiger partial charge in [-0.25, -0.2) is 8.42 Å². The highest BCUT2D eigenvalue weighted by molar-refractivity contribution is 8.42. The number of nitrogens with one attached hydrogen (secondary N) is 1. The molecule has 2 aliphatic heterocycles. The zero-order valence-corrected chi connectivity index (χ0v) is 19.2. The Balaban J connectivity index is 1.49. The minimum absolute atomic E-state index is 0.0167. The monoisotopic (exact) mass is 488 g/mol. The molecule has 11 heteroatoms. The van der Waals surface area contributed by atoms with E-state index < -0.39 is 15.7 Å². The lowest BCUT2D eigenvalue weighted by molar-refractivity contribution is -0.114. The smallest absolute Gasteiger partial charge is 0.283 e. The van der Waals surface area contributed by atoms with Crippen LogP contribution in [0.3, 0.4) is 0 Å². The Morgan fingerprint density at radius 2 is 1.84 bits per heavy atom. The van der Waals surface area contributed by atoms with Crippen LogP contribution in [0.4, 0.5) is 0 Å². The summed E-state index contributed by atoms with van der Waals surface area (Å²) in [5.41, 5.74) is 1.65. The van der Waals surface area contributed by atoms with Crippen LogP contribution in [0.25, 0.3) is 6.08 Å². The van der Waals surface area contributed by atoms with E-state index in [1.807, 2.05) is 12.1 Å². The number of sulfone groups is 1. The van der Waals surface area contributed by atoms with Crippen LogP contribution in [0.1, 0.15) is 18.1 Å². The number of benzene rings is 2.